The van der Waals surface area contributed by atoms with E-state index in [0.29, 0.717) is 0 Å². The van der Waals surface area contributed by atoms with Crippen molar-refractivity contribution in [1.82, 2.24) is 0 Å². The highest BCUT2D eigenvalue weighted by Crippen LogP contribution is 2.20. The predicted octanol–water partition coefficient (Wildman–Crippen LogP) is 5.76. The number of hydrogen-bond donors (Lipinski definition) is 1. The molecule has 0 heterocycles. The number of aryl methyl sites for hydroxylation is 1. The van der Waals surface area contributed by atoms with Crippen LogP contribution in [0.5, 0.6) is 5.75 Å². The maximum Gasteiger partial charge on any atom is 0.327 e. The molecule has 0 bridgehead atoms. The number of carboxylic acids is 1. The first kappa shape index (κ1) is 21.0. The van der Waals surface area contributed by atoms with Gasteiger partial charge in [-0.15, -0.1) is 0 Å². The number of unbranched alkanes of at least 4 members (excludes halogenated alkanes) is 6. The third-order valence-corrected chi connectivity index (χ3v) is 3.41. The zero-order valence-electron chi connectivity index (χ0n) is 14.3. The lowest BCUT2D eigenvalue weighted by molar-refractivity contribution is -0.131. The second-order valence-corrected chi connectivity index (χ2v) is 5.31. The maximum atomic E-state index is 9.25. The van der Waals surface area contributed by atoms with Crippen molar-refractivity contribution in [3.05, 3.63) is 55.3 Å². The average molecular weight is 318 g/mol. The summed E-state index contributed by atoms with van der Waals surface area (Å²) in [6, 6.07) is 8.24. The van der Waals surface area contributed by atoms with Crippen LogP contribution in [0.2, 0.25) is 0 Å². The van der Waals surface area contributed by atoms with Crippen LogP contribution in [0.15, 0.2) is 49.8 Å². The molecule has 3 heteroatoms. The lowest BCUT2D eigenvalue weighted by Crippen LogP contribution is -1.91. The summed E-state index contributed by atoms with van der Waals surface area (Å²) in [6.45, 7) is 8.83. The predicted molar refractivity (Wildman–Crippen MR) is 96.8 cm³/mol. The van der Waals surface area contributed by atoms with Crippen LogP contribution in [0, 0.1) is 0 Å². The van der Waals surface area contributed by atoms with Gasteiger partial charge in [-0.05, 0) is 24.5 Å². The minimum Gasteiger partial charge on any atom is -0.478 e. The number of carboxylic acid groups (broad SMARTS) is 1. The van der Waals surface area contributed by atoms with Crippen LogP contribution in [-0.4, -0.2) is 11.1 Å². The molecule has 0 radical (unpaired) electrons. The summed E-state index contributed by atoms with van der Waals surface area (Å²) < 4.78 is 5.41. The third kappa shape index (κ3) is 12.2. The lowest BCUT2D eigenvalue weighted by atomic mass is 10.0. The van der Waals surface area contributed by atoms with Gasteiger partial charge in [-0.25, -0.2) is 4.79 Å². The van der Waals surface area contributed by atoms with Gasteiger partial charge in [0.1, 0.15) is 5.75 Å². The van der Waals surface area contributed by atoms with E-state index >= 15 is 0 Å². The Labute approximate surface area is 140 Å². The largest absolute Gasteiger partial charge is 0.478 e. The molecule has 0 aliphatic rings. The Morgan fingerprint density at radius 1 is 1.09 bits per heavy atom. The lowest BCUT2D eigenvalue weighted by Gasteiger charge is -2.07. The molecule has 0 saturated carbocycles. The van der Waals surface area contributed by atoms with Gasteiger partial charge in [-0.3, -0.25) is 0 Å². The standard InChI is InChI=1S/C17H26O.C3H4O2/c1-3-5-6-7-8-9-10-13-16-14-11-12-15-17(16)18-4-2;1-2-3(4)5/h4,11-12,14-15H,2-3,5-10,13H2,1H3;2H,1H2,(H,4,5). The molecule has 1 aromatic rings. The van der Waals surface area contributed by atoms with E-state index in [1.54, 1.807) is 0 Å². The van der Waals surface area contributed by atoms with Crippen molar-refractivity contribution in [2.75, 3.05) is 0 Å². The molecule has 0 spiro atoms. The van der Waals surface area contributed by atoms with E-state index in [0.717, 1.165) is 18.2 Å². The number of rotatable bonds is 11. The summed E-state index contributed by atoms with van der Waals surface area (Å²) in [7, 11) is 0. The maximum absolute atomic E-state index is 9.25. The van der Waals surface area contributed by atoms with Crippen LogP contribution < -0.4 is 4.74 Å². The average Bonchev–Trinajstić information content (AvgIpc) is 2.56. The molecule has 0 atom stereocenters. The van der Waals surface area contributed by atoms with E-state index in [9.17, 15) is 4.79 Å². The summed E-state index contributed by atoms with van der Waals surface area (Å²) in [4.78, 5) is 9.25. The second-order valence-electron chi connectivity index (χ2n) is 5.31. The Bertz CT molecular complexity index is 452. The van der Waals surface area contributed by atoms with Crippen LogP contribution in [0.3, 0.4) is 0 Å². The summed E-state index contributed by atoms with van der Waals surface area (Å²) in [6.07, 6.45) is 12.9. The highest BCUT2D eigenvalue weighted by molar-refractivity contribution is 5.78. The third-order valence-electron chi connectivity index (χ3n) is 3.41. The molecule has 0 aliphatic carbocycles. The fourth-order valence-corrected chi connectivity index (χ4v) is 2.19. The first-order chi connectivity index (χ1) is 11.2. The van der Waals surface area contributed by atoms with Gasteiger partial charge in [-0.2, -0.15) is 0 Å². The van der Waals surface area contributed by atoms with Crippen molar-refractivity contribution in [3.8, 4) is 5.75 Å². The van der Waals surface area contributed by atoms with Gasteiger partial charge in [0.15, 0.2) is 0 Å². The quantitative estimate of drug-likeness (QED) is 0.320. The Kier molecular flexibility index (Phi) is 13.6. The molecule has 0 fully saturated rings. The van der Waals surface area contributed by atoms with E-state index in [2.05, 4.69) is 32.2 Å². The number of aliphatic carboxylic acids is 1. The topological polar surface area (TPSA) is 46.5 Å². The minimum atomic E-state index is -0.981. The van der Waals surface area contributed by atoms with E-state index < -0.39 is 5.97 Å². The summed E-state index contributed by atoms with van der Waals surface area (Å²) in [5.74, 6) is -0.0246. The Morgan fingerprint density at radius 3 is 2.22 bits per heavy atom. The number of benzene rings is 1. The molecule has 1 rings (SSSR count). The molecule has 3 nitrogen and oxygen atoms in total. The van der Waals surface area contributed by atoms with Gasteiger partial charge in [-0.1, -0.05) is 76.8 Å². The van der Waals surface area contributed by atoms with Gasteiger partial charge in [0, 0.05) is 6.08 Å². The van der Waals surface area contributed by atoms with Gasteiger partial charge < -0.3 is 9.84 Å². The highest BCUT2D eigenvalue weighted by Gasteiger charge is 2.01. The van der Waals surface area contributed by atoms with E-state index in [1.807, 2.05) is 12.1 Å². The SMILES string of the molecule is C=CC(=O)O.C=COc1ccccc1CCCCCCCCC. The fraction of sp³-hybridized carbons (Fsp3) is 0.450. The summed E-state index contributed by atoms with van der Waals surface area (Å²) in [5, 5.41) is 7.60. The Hall–Kier alpha value is -2.03. The molecule has 0 aromatic heterocycles. The van der Waals surface area contributed by atoms with Crippen molar-refractivity contribution >= 4 is 5.97 Å². The molecule has 0 saturated heterocycles. The van der Waals surface area contributed by atoms with E-state index in [-0.39, 0.29) is 0 Å². The van der Waals surface area contributed by atoms with E-state index in [4.69, 9.17) is 9.84 Å². The first-order valence-electron chi connectivity index (χ1n) is 8.36. The molecule has 1 N–H and O–H groups in total. The van der Waals surface area contributed by atoms with Gasteiger partial charge in [0.2, 0.25) is 0 Å². The van der Waals surface area contributed by atoms with Crippen molar-refractivity contribution in [1.29, 1.82) is 0 Å². The molecule has 1 aromatic carbocycles. The van der Waals surface area contributed by atoms with Crippen LogP contribution in [0.25, 0.3) is 0 Å². The zero-order chi connectivity index (χ0) is 17.3. The smallest absolute Gasteiger partial charge is 0.327 e. The van der Waals surface area contributed by atoms with Crippen LogP contribution in [0.4, 0.5) is 0 Å². The van der Waals surface area contributed by atoms with Crippen LogP contribution in [-0.2, 0) is 11.2 Å². The number of hydrogen-bond acceptors (Lipinski definition) is 2. The van der Waals surface area contributed by atoms with Crippen LogP contribution in [0.1, 0.15) is 57.4 Å². The summed E-state index contributed by atoms with van der Waals surface area (Å²) >= 11 is 0. The molecule has 0 amide bonds. The van der Waals surface area contributed by atoms with Crippen molar-refractivity contribution in [2.45, 2.75) is 58.3 Å². The number of para-hydroxylation sites is 1. The second kappa shape index (κ2) is 14.9. The monoisotopic (exact) mass is 318 g/mol. The van der Waals surface area contributed by atoms with Crippen LogP contribution >= 0.6 is 0 Å². The molecule has 0 aliphatic heterocycles. The van der Waals surface area contributed by atoms with Gasteiger partial charge in [0.05, 0.1) is 6.26 Å². The van der Waals surface area contributed by atoms with Crippen molar-refractivity contribution in [2.24, 2.45) is 0 Å². The van der Waals surface area contributed by atoms with Gasteiger partial charge >= 0.3 is 5.97 Å². The first-order valence-corrected chi connectivity index (χ1v) is 8.36. The van der Waals surface area contributed by atoms with Gasteiger partial charge in [0.25, 0.3) is 0 Å². The van der Waals surface area contributed by atoms with Crippen molar-refractivity contribution < 1.29 is 14.6 Å². The molecular formula is C20H30O3. The zero-order valence-corrected chi connectivity index (χ0v) is 14.3. The van der Waals surface area contributed by atoms with E-state index in [1.165, 1.54) is 56.8 Å². The minimum absolute atomic E-state index is 0.833. The molecule has 128 valence electrons. The van der Waals surface area contributed by atoms with Crippen molar-refractivity contribution in [3.63, 3.8) is 0 Å². The number of ether oxygens (including phenoxy) is 1. The molecular weight excluding hydrogens is 288 g/mol. The molecule has 0 unspecified atom stereocenters. The summed E-state index contributed by atoms with van der Waals surface area (Å²) in [5.41, 5.74) is 1.30. The fourth-order valence-electron chi connectivity index (χ4n) is 2.19. The number of carbonyl (C=O) groups is 1. The molecule has 23 heavy (non-hydrogen) atoms. The Morgan fingerprint density at radius 2 is 1.65 bits per heavy atom. The Balaban J connectivity index is 0.000000841. The highest BCUT2D eigenvalue weighted by atomic mass is 16.5. The normalized spacial score (nSPS) is 9.43.